The van der Waals surface area contributed by atoms with Crippen LogP contribution in [0.4, 0.5) is 5.69 Å². The second-order valence-electron chi connectivity index (χ2n) is 6.15. The van der Waals surface area contributed by atoms with E-state index in [2.05, 4.69) is 37.4 Å². The summed E-state index contributed by atoms with van der Waals surface area (Å²) in [6, 6.07) is 7.90. The Morgan fingerprint density at radius 3 is 3.20 bits per heavy atom. The van der Waals surface area contributed by atoms with Gasteiger partial charge in [0.05, 0.1) is 17.6 Å². The molecule has 0 saturated heterocycles. The van der Waals surface area contributed by atoms with Crippen molar-refractivity contribution >= 4 is 23.1 Å². The normalized spacial score (nSPS) is 13.0. The maximum atomic E-state index is 12.6. The Kier molecular flexibility index (Phi) is 4.31. The summed E-state index contributed by atoms with van der Waals surface area (Å²) < 4.78 is 6.18. The van der Waals surface area contributed by atoms with E-state index < -0.39 is 0 Å². The first-order valence-corrected chi connectivity index (χ1v) is 9.31. The predicted octanol–water partition coefficient (Wildman–Crippen LogP) is 3.55. The zero-order chi connectivity index (χ0) is 17.2. The molecular weight excluding hydrogens is 334 g/mol. The third-order valence-corrected chi connectivity index (χ3v) is 5.15. The van der Waals surface area contributed by atoms with Gasteiger partial charge in [0.15, 0.2) is 0 Å². The molecule has 3 heterocycles. The van der Waals surface area contributed by atoms with Crippen molar-refractivity contribution in [2.24, 2.45) is 0 Å². The van der Waals surface area contributed by atoms with E-state index in [1.807, 2.05) is 24.4 Å². The zero-order valence-electron chi connectivity index (χ0n) is 14.0. The molecule has 0 spiro atoms. The highest BCUT2D eigenvalue weighted by atomic mass is 32.1. The highest BCUT2D eigenvalue weighted by Crippen LogP contribution is 2.27. The molecule has 1 aromatic carbocycles. The molecule has 4 rings (SSSR count). The molecule has 0 aliphatic carbocycles. The molecule has 1 aliphatic rings. The lowest BCUT2D eigenvalue weighted by Crippen LogP contribution is -2.12. The Morgan fingerprint density at radius 1 is 1.40 bits per heavy atom. The molecule has 0 fully saturated rings. The second-order valence-corrected chi connectivity index (χ2v) is 6.90. The van der Waals surface area contributed by atoms with Gasteiger partial charge in [-0.15, -0.1) is 5.10 Å². The maximum absolute atomic E-state index is 12.6. The van der Waals surface area contributed by atoms with E-state index >= 15 is 0 Å². The third kappa shape index (κ3) is 3.07. The third-order valence-electron chi connectivity index (χ3n) is 4.39. The van der Waals surface area contributed by atoms with Gasteiger partial charge in [-0.1, -0.05) is 30.0 Å². The molecule has 1 N–H and O–H groups in total. The average molecular weight is 353 g/mol. The lowest BCUT2D eigenvalue weighted by molar-refractivity contribution is 0.102. The van der Waals surface area contributed by atoms with Crippen LogP contribution >= 0.6 is 11.5 Å². The van der Waals surface area contributed by atoms with Crippen molar-refractivity contribution in [1.82, 2.24) is 19.1 Å². The Morgan fingerprint density at radius 2 is 2.32 bits per heavy atom. The molecule has 0 saturated carbocycles. The number of carbonyl (C=O) groups excluding carboxylic acids is 1. The van der Waals surface area contributed by atoms with Crippen LogP contribution in [0.3, 0.4) is 0 Å². The average Bonchev–Trinajstić information content (AvgIpc) is 3.32. The van der Waals surface area contributed by atoms with Gasteiger partial charge < -0.3 is 9.88 Å². The van der Waals surface area contributed by atoms with Gasteiger partial charge in [0, 0.05) is 24.2 Å². The topological polar surface area (TPSA) is 72.7 Å². The number of fused-ring (bicyclic) bond motifs is 1. The molecule has 6 nitrogen and oxygen atoms in total. The number of anilines is 1. The fourth-order valence-electron chi connectivity index (χ4n) is 3.21. The van der Waals surface area contributed by atoms with Gasteiger partial charge in [-0.05, 0) is 36.5 Å². The van der Waals surface area contributed by atoms with Gasteiger partial charge >= 0.3 is 0 Å². The first kappa shape index (κ1) is 16.0. The van der Waals surface area contributed by atoms with Crippen LogP contribution in [0, 0.1) is 0 Å². The van der Waals surface area contributed by atoms with Gasteiger partial charge in [0.25, 0.3) is 5.91 Å². The van der Waals surface area contributed by atoms with Crippen molar-refractivity contribution in [3.8, 4) is 11.3 Å². The van der Waals surface area contributed by atoms with Gasteiger partial charge in [-0.3, -0.25) is 4.79 Å². The summed E-state index contributed by atoms with van der Waals surface area (Å²) in [6.45, 7) is 3.07. The summed E-state index contributed by atoms with van der Waals surface area (Å²) in [4.78, 5) is 17.6. The Bertz CT molecular complexity index is 914. The highest BCUT2D eigenvalue weighted by molar-refractivity contribution is 7.08. The largest absolute Gasteiger partial charge is 0.328 e. The quantitative estimate of drug-likeness (QED) is 0.761. The number of aryl methyl sites for hydroxylation is 2. The van der Waals surface area contributed by atoms with Crippen LogP contribution in [-0.4, -0.2) is 25.0 Å². The molecule has 2 aromatic heterocycles. The van der Waals surface area contributed by atoms with E-state index in [0.29, 0.717) is 4.88 Å². The summed E-state index contributed by atoms with van der Waals surface area (Å²) >= 11 is 1.15. The molecular formula is C18H19N5OS. The summed E-state index contributed by atoms with van der Waals surface area (Å²) in [5, 5.41) is 7.04. The van der Waals surface area contributed by atoms with Crippen molar-refractivity contribution in [2.45, 2.75) is 39.2 Å². The standard InChI is InChI=1S/C18H19N5OS/c1-2-5-14-17(25-22-21-14)18(24)20-13-7-3-6-12(10-13)15-11-19-16-8-4-9-23(15)16/h3,6-7,10-11H,2,4-5,8-9H2,1H3,(H,20,24). The van der Waals surface area contributed by atoms with Crippen LogP contribution in [0.1, 0.15) is 41.0 Å². The molecule has 128 valence electrons. The summed E-state index contributed by atoms with van der Waals surface area (Å²) in [6.07, 6.45) is 5.80. The number of hydrogen-bond acceptors (Lipinski definition) is 5. The van der Waals surface area contributed by atoms with Gasteiger partial charge in [0.2, 0.25) is 0 Å². The smallest absolute Gasteiger partial charge is 0.269 e. The van der Waals surface area contributed by atoms with Crippen LogP contribution in [0.25, 0.3) is 11.3 Å². The summed E-state index contributed by atoms with van der Waals surface area (Å²) in [5.41, 5.74) is 3.71. The van der Waals surface area contributed by atoms with E-state index in [0.717, 1.165) is 72.2 Å². The molecule has 3 aromatic rings. The molecule has 0 bridgehead atoms. The maximum Gasteiger partial charge on any atom is 0.269 e. The number of imidazole rings is 1. The second kappa shape index (κ2) is 6.76. The van der Waals surface area contributed by atoms with Crippen LogP contribution in [-0.2, 0) is 19.4 Å². The minimum atomic E-state index is -0.144. The van der Waals surface area contributed by atoms with Crippen molar-refractivity contribution in [3.05, 3.63) is 46.9 Å². The monoisotopic (exact) mass is 353 g/mol. The minimum Gasteiger partial charge on any atom is -0.328 e. The van der Waals surface area contributed by atoms with E-state index in [1.54, 1.807) is 0 Å². The van der Waals surface area contributed by atoms with E-state index in [-0.39, 0.29) is 5.91 Å². The van der Waals surface area contributed by atoms with Crippen LogP contribution in [0.15, 0.2) is 30.5 Å². The Balaban J connectivity index is 1.57. The first-order chi connectivity index (χ1) is 12.3. The number of amides is 1. The predicted molar refractivity (Wildman–Crippen MR) is 97.8 cm³/mol. The SMILES string of the molecule is CCCc1nnsc1C(=O)Nc1cccc(-c2cnc3n2CCC3)c1. The molecule has 0 radical (unpaired) electrons. The lowest BCUT2D eigenvalue weighted by atomic mass is 10.1. The van der Waals surface area contributed by atoms with E-state index in [4.69, 9.17) is 0 Å². The molecule has 25 heavy (non-hydrogen) atoms. The number of carbonyl (C=O) groups is 1. The van der Waals surface area contributed by atoms with E-state index in [9.17, 15) is 4.79 Å². The number of hydrogen-bond donors (Lipinski definition) is 1. The number of rotatable bonds is 5. The Labute approximate surface area is 150 Å². The van der Waals surface area contributed by atoms with Crippen LogP contribution < -0.4 is 5.32 Å². The molecule has 0 atom stereocenters. The number of aromatic nitrogens is 4. The molecule has 1 amide bonds. The lowest BCUT2D eigenvalue weighted by Gasteiger charge is -2.08. The first-order valence-electron chi connectivity index (χ1n) is 8.53. The Hall–Kier alpha value is -2.54. The number of nitrogens with zero attached hydrogens (tertiary/aromatic N) is 4. The number of benzene rings is 1. The summed E-state index contributed by atoms with van der Waals surface area (Å²) in [5.74, 6) is 0.999. The van der Waals surface area contributed by atoms with E-state index in [1.165, 1.54) is 0 Å². The van der Waals surface area contributed by atoms with Crippen LogP contribution in [0.2, 0.25) is 0 Å². The molecule has 0 unspecified atom stereocenters. The van der Waals surface area contributed by atoms with Crippen molar-refractivity contribution in [2.75, 3.05) is 5.32 Å². The summed E-state index contributed by atoms with van der Waals surface area (Å²) in [7, 11) is 0. The minimum absolute atomic E-state index is 0.144. The van der Waals surface area contributed by atoms with Crippen molar-refractivity contribution < 1.29 is 4.79 Å². The molecule has 1 aliphatic heterocycles. The number of nitrogens with one attached hydrogen (secondary N) is 1. The highest BCUT2D eigenvalue weighted by Gasteiger charge is 2.18. The fourth-order valence-corrected chi connectivity index (χ4v) is 3.82. The van der Waals surface area contributed by atoms with Gasteiger partial charge in [0.1, 0.15) is 10.7 Å². The van der Waals surface area contributed by atoms with Gasteiger partial charge in [-0.25, -0.2) is 4.98 Å². The van der Waals surface area contributed by atoms with Gasteiger partial charge in [-0.2, -0.15) is 0 Å². The zero-order valence-corrected chi connectivity index (χ0v) is 14.8. The van der Waals surface area contributed by atoms with Crippen molar-refractivity contribution in [1.29, 1.82) is 0 Å². The van der Waals surface area contributed by atoms with Crippen molar-refractivity contribution in [3.63, 3.8) is 0 Å². The van der Waals surface area contributed by atoms with Crippen LogP contribution in [0.5, 0.6) is 0 Å². The fraction of sp³-hybridized carbons (Fsp3) is 0.333. The molecule has 7 heteroatoms.